The standard InChI is InChI=1S/C11H13NO/c1-7(2)9-6-10-8(3-4-12-10)5-11(9)13/h3-7,12-13H,1-2H3. The lowest BCUT2D eigenvalue weighted by Crippen LogP contribution is -1.87. The molecule has 1 aromatic heterocycles. The monoisotopic (exact) mass is 175 g/mol. The zero-order valence-electron chi connectivity index (χ0n) is 7.83. The summed E-state index contributed by atoms with van der Waals surface area (Å²) in [5, 5.41) is 10.7. The second-order valence-electron chi connectivity index (χ2n) is 3.63. The Bertz CT molecular complexity index is 429. The van der Waals surface area contributed by atoms with Gasteiger partial charge >= 0.3 is 0 Å². The third kappa shape index (κ3) is 1.28. The van der Waals surface area contributed by atoms with Gasteiger partial charge in [-0.05, 0) is 29.7 Å². The van der Waals surface area contributed by atoms with Gasteiger partial charge in [0.05, 0.1) is 0 Å². The van der Waals surface area contributed by atoms with E-state index in [1.807, 2.05) is 18.3 Å². The van der Waals surface area contributed by atoms with E-state index in [0.29, 0.717) is 11.7 Å². The topological polar surface area (TPSA) is 36.0 Å². The van der Waals surface area contributed by atoms with E-state index in [9.17, 15) is 5.11 Å². The summed E-state index contributed by atoms with van der Waals surface area (Å²) in [6.45, 7) is 4.15. The molecule has 2 nitrogen and oxygen atoms in total. The molecule has 0 bridgehead atoms. The predicted octanol–water partition coefficient (Wildman–Crippen LogP) is 3.00. The van der Waals surface area contributed by atoms with Crippen LogP contribution in [0.5, 0.6) is 5.75 Å². The van der Waals surface area contributed by atoms with Crippen molar-refractivity contribution in [3.8, 4) is 5.75 Å². The van der Waals surface area contributed by atoms with Crippen LogP contribution in [0.4, 0.5) is 0 Å². The molecular weight excluding hydrogens is 162 g/mol. The number of H-pyrrole nitrogens is 1. The fourth-order valence-electron chi connectivity index (χ4n) is 1.57. The highest BCUT2D eigenvalue weighted by Gasteiger charge is 2.07. The minimum Gasteiger partial charge on any atom is -0.508 e. The molecule has 0 spiro atoms. The third-order valence-electron chi connectivity index (χ3n) is 2.32. The lowest BCUT2D eigenvalue weighted by atomic mass is 10.0. The number of phenols is 1. The van der Waals surface area contributed by atoms with Crippen LogP contribution in [-0.2, 0) is 0 Å². The molecule has 1 heterocycles. The number of fused-ring (bicyclic) bond motifs is 1. The summed E-state index contributed by atoms with van der Waals surface area (Å²) >= 11 is 0. The van der Waals surface area contributed by atoms with Crippen molar-refractivity contribution in [2.24, 2.45) is 0 Å². The lowest BCUT2D eigenvalue weighted by Gasteiger charge is -2.07. The van der Waals surface area contributed by atoms with Crippen molar-refractivity contribution in [2.45, 2.75) is 19.8 Å². The van der Waals surface area contributed by atoms with Gasteiger partial charge in [-0.15, -0.1) is 0 Å². The van der Waals surface area contributed by atoms with Crippen molar-refractivity contribution in [3.63, 3.8) is 0 Å². The SMILES string of the molecule is CC(C)c1cc2[nH]ccc2cc1O. The van der Waals surface area contributed by atoms with Gasteiger partial charge in [-0.2, -0.15) is 0 Å². The lowest BCUT2D eigenvalue weighted by molar-refractivity contribution is 0.466. The van der Waals surface area contributed by atoms with Crippen molar-refractivity contribution in [1.82, 2.24) is 4.98 Å². The Morgan fingerprint density at radius 2 is 2.08 bits per heavy atom. The van der Waals surface area contributed by atoms with Crippen LogP contribution in [0.1, 0.15) is 25.3 Å². The fourth-order valence-corrected chi connectivity index (χ4v) is 1.57. The molecule has 2 heteroatoms. The number of nitrogens with one attached hydrogen (secondary N) is 1. The first-order valence-corrected chi connectivity index (χ1v) is 4.48. The van der Waals surface area contributed by atoms with E-state index in [-0.39, 0.29) is 0 Å². The molecule has 0 aliphatic carbocycles. The molecule has 2 rings (SSSR count). The van der Waals surface area contributed by atoms with Crippen molar-refractivity contribution in [1.29, 1.82) is 0 Å². The second kappa shape index (κ2) is 2.80. The quantitative estimate of drug-likeness (QED) is 0.686. The van der Waals surface area contributed by atoms with Crippen LogP contribution in [0.15, 0.2) is 24.4 Å². The molecule has 0 unspecified atom stereocenters. The number of aromatic nitrogens is 1. The highest BCUT2D eigenvalue weighted by molar-refractivity contribution is 5.82. The minimum absolute atomic E-state index is 0.354. The Morgan fingerprint density at radius 1 is 1.31 bits per heavy atom. The van der Waals surface area contributed by atoms with Gasteiger partial charge in [0.15, 0.2) is 0 Å². The Labute approximate surface area is 77.2 Å². The van der Waals surface area contributed by atoms with E-state index in [4.69, 9.17) is 0 Å². The largest absolute Gasteiger partial charge is 0.508 e. The molecule has 13 heavy (non-hydrogen) atoms. The summed E-state index contributed by atoms with van der Waals surface area (Å²) in [5.74, 6) is 0.745. The minimum atomic E-state index is 0.354. The van der Waals surface area contributed by atoms with Crippen LogP contribution in [0.25, 0.3) is 10.9 Å². The Morgan fingerprint density at radius 3 is 2.77 bits per heavy atom. The van der Waals surface area contributed by atoms with Gasteiger partial charge in [-0.25, -0.2) is 0 Å². The first-order chi connectivity index (χ1) is 6.18. The first-order valence-electron chi connectivity index (χ1n) is 4.48. The van der Waals surface area contributed by atoms with E-state index in [1.165, 1.54) is 0 Å². The molecular formula is C11H13NO. The maximum Gasteiger partial charge on any atom is 0.119 e. The van der Waals surface area contributed by atoms with Crippen LogP contribution in [0, 0.1) is 0 Å². The third-order valence-corrected chi connectivity index (χ3v) is 2.32. The van der Waals surface area contributed by atoms with Crippen LogP contribution in [-0.4, -0.2) is 10.1 Å². The fraction of sp³-hybridized carbons (Fsp3) is 0.273. The van der Waals surface area contributed by atoms with E-state index in [0.717, 1.165) is 16.5 Å². The van der Waals surface area contributed by atoms with Crippen LogP contribution >= 0.6 is 0 Å². The maximum atomic E-state index is 9.68. The van der Waals surface area contributed by atoms with Gasteiger partial charge in [0.1, 0.15) is 5.75 Å². The number of rotatable bonds is 1. The van der Waals surface area contributed by atoms with Crippen molar-refractivity contribution in [2.75, 3.05) is 0 Å². The number of hydrogen-bond acceptors (Lipinski definition) is 1. The molecule has 0 atom stereocenters. The molecule has 1 aromatic carbocycles. The van der Waals surface area contributed by atoms with Gasteiger partial charge in [-0.3, -0.25) is 0 Å². The number of aromatic hydroxyl groups is 1. The number of benzene rings is 1. The van der Waals surface area contributed by atoms with Gasteiger partial charge in [-0.1, -0.05) is 13.8 Å². The molecule has 0 saturated heterocycles. The van der Waals surface area contributed by atoms with Gasteiger partial charge < -0.3 is 10.1 Å². The zero-order valence-corrected chi connectivity index (χ0v) is 7.83. The highest BCUT2D eigenvalue weighted by Crippen LogP contribution is 2.29. The van der Waals surface area contributed by atoms with Crippen molar-refractivity contribution in [3.05, 3.63) is 30.0 Å². The molecule has 0 radical (unpaired) electrons. The molecule has 2 N–H and O–H groups in total. The Kier molecular flexibility index (Phi) is 1.76. The second-order valence-corrected chi connectivity index (χ2v) is 3.63. The van der Waals surface area contributed by atoms with Gasteiger partial charge in [0.2, 0.25) is 0 Å². The highest BCUT2D eigenvalue weighted by atomic mass is 16.3. The normalized spacial score (nSPS) is 11.3. The molecule has 0 amide bonds. The number of aromatic amines is 1. The van der Waals surface area contributed by atoms with E-state index < -0.39 is 0 Å². The number of phenolic OH excluding ortho intramolecular Hbond substituents is 1. The smallest absolute Gasteiger partial charge is 0.119 e. The molecule has 0 fully saturated rings. The van der Waals surface area contributed by atoms with Crippen molar-refractivity contribution >= 4 is 10.9 Å². The maximum absolute atomic E-state index is 9.68. The molecule has 2 aromatic rings. The molecule has 68 valence electrons. The summed E-state index contributed by atoms with van der Waals surface area (Å²) in [7, 11) is 0. The van der Waals surface area contributed by atoms with E-state index in [1.54, 1.807) is 6.07 Å². The summed E-state index contributed by atoms with van der Waals surface area (Å²) in [4.78, 5) is 3.13. The Hall–Kier alpha value is -1.44. The van der Waals surface area contributed by atoms with Crippen molar-refractivity contribution < 1.29 is 5.11 Å². The predicted molar refractivity (Wildman–Crippen MR) is 54.1 cm³/mol. The summed E-state index contributed by atoms with van der Waals surface area (Å²) < 4.78 is 0. The van der Waals surface area contributed by atoms with Crippen LogP contribution < -0.4 is 0 Å². The summed E-state index contributed by atoms with van der Waals surface area (Å²) in [6, 6.07) is 5.77. The average molecular weight is 175 g/mol. The van der Waals surface area contributed by atoms with Gasteiger partial charge in [0.25, 0.3) is 0 Å². The average Bonchev–Trinajstić information content (AvgIpc) is 2.48. The summed E-state index contributed by atoms with van der Waals surface area (Å²) in [6.07, 6.45) is 1.88. The Balaban J connectivity index is 2.69. The van der Waals surface area contributed by atoms with Gasteiger partial charge in [0, 0.05) is 17.1 Å². The number of hydrogen-bond donors (Lipinski definition) is 2. The molecule has 0 saturated carbocycles. The molecule has 0 aliphatic heterocycles. The van der Waals surface area contributed by atoms with Crippen LogP contribution in [0.2, 0.25) is 0 Å². The van der Waals surface area contributed by atoms with Crippen LogP contribution in [0.3, 0.4) is 0 Å². The zero-order chi connectivity index (χ0) is 9.42. The summed E-state index contributed by atoms with van der Waals surface area (Å²) in [5.41, 5.74) is 2.08. The van der Waals surface area contributed by atoms with E-state index in [2.05, 4.69) is 18.8 Å². The van der Waals surface area contributed by atoms with E-state index >= 15 is 0 Å². The molecule has 0 aliphatic rings. The first kappa shape index (κ1) is 8.17.